The lowest BCUT2D eigenvalue weighted by Gasteiger charge is -2.15. The highest BCUT2D eigenvalue weighted by atomic mass is 35.5. The number of pyridine rings is 1. The molecular weight excluding hydrogens is 405 g/mol. The molecule has 1 aromatic heterocycles. The van der Waals surface area contributed by atoms with Gasteiger partial charge < -0.3 is 10.6 Å². The van der Waals surface area contributed by atoms with E-state index in [1.54, 1.807) is 0 Å². The van der Waals surface area contributed by atoms with Gasteiger partial charge in [-0.1, -0.05) is 18.5 Å². The molecule has 0 aliphatic heterocycles. The third kappa shape index (κ3) is 4.96. The summed E-state index contributed by atoms with van der Waals surface area (Å²) in [6.45, 7) is 1.87. The molecule has 4 N–H and O–H groups in total. The number of hydrogen-bond acceptors (Lipinski definition) is 6. The normalized spacial score (nSPS) is 11.2. The largest absolute Gasteiger partial charge is 0.417 e. The molecule has 0 radical (unpaired) electrons. The van der Waals surface area contributed by atoms with Crippen LogP contribution in [0.3, 0.4) is 0 Å². The van der Waals surface area contributed by atoms with E-state index in [1.807, 2.05) is 12.4 Å². The predicted octanol–water partition coefficient (Wildman–Crippen LogP) is 4.96. The van der Waals surface area contributed by atoms with E-state index in [0.717, 1.165) is 6.07 Å². The number of halogens is 4. The Hall–Kier alpha value is -2.17. The van der Waals surface area contributed by atoms with Gasteiger partial charge in [-0.3, -0.25) is 15.5 Å². The zero-order valence-electron chi connectivity index (χ0n) is 14.2. The third-order valence-corrected chi connectivity index (χ3v) is 4.68. The van der Waals surface area contributed by atoms with Gasteiger partial charge in [0.05, 0.1) is 27.5 Å². The van der Waals surface area contributed by atoms with Crippen molar-refractivity contribution in [2.24, 2.45) is 0 Å². The minimum atomic E-state index is -4.60. The maximum atomic E-state index is 12.9. The molecule has 1 heterocycles. The number of rotatable bonds is 6. The van der Waals surface area contributed by atoms with Crippen molar-refractivity contribution in [1.29, 1.82) is 0 Å². The van der Waals surface area contributed by atoms with Crippen LogP contribution in [0.15, 0.2) is 29.3 Å². The highest BCUT2D eigenvalue weighted by Gasteiger charge is 2.32. The summed E-state index contributed by atoms with van der Waals surface area (Å²) in [5.41, 5.74) is 0.999. The topological polar surface area (TPSA) is 86.3 Å². The Kier molecular flexibility index (Phi) is 6.79. The second-order valence-corrected chi connectivity index (χ2v) is 6.91. The van der Waals surface area contributed by atoms with Crippen LogP contribution in [0.5, 0.6) is 0 Å². The molecule has 0 unspecified atom stereocenters. The Morgan fingerprint density at radius 3 is 2.56 bits per heavy atom. The van der Waals surface area contributed by atoms with Crippen LogP contribution in [0.2, 0.25) is 5.02 Å². The van der Waals surface area contributed by atoms with Crippen molar-refractivity contribution in [2.75, 3.05) is 28.9 Å². The van der Waals surface area contributed by atoms with Crippen molar-refractivity contribution in [2.45, 2.75) is 18.0 Å². The van der Waals surface area contributed by atoms with E-state index in [2.05, 4.69) is 15.6 Å². The summed E-state index contributed by atoms with van der Waals surface area (Å²) in [4.78, 5) is 16.9. The van der Waals surface area contributed by atoms with Crippen LogP contribution in [0.1, 0.15) is 22.8 Å². The van der Waals surface area contributed by atoms with E-state index in [-0.39, 0.29) is 27.8 Å². The summed E-state index contributed by atoms with van der Waals surface area (Å²) >= 11 is 7.33. The van der Waals surface area contributed by atoms with Crippen LogP contribution in [0.4, 0.5) is 30.4 Å². The van der Waals surface area contributed by atoms with E-state index < -0.39 is 17.6 Å². The lowest BCUT2D eigenvalue weighted by Crippen LogP contribution is -2.16. The highest BCUT2D eigenvalue weighted by molar-refractivity contribution is 7.99. The van der Waals surface area contributed by atoms with Crippen molar-refractivity contribution >= 4 is 46.5 Å². The summed E-state index contributed by atoms with van der Waals surface area (Å²) in [7, 11) is 1.47. The first-order chi connectivity index (χ1) is 12.7. The molecule has 1 aromatic carbocycles. The molecule has 11 heteroatoms. The summed E-state index contributed by atoms with van der Waals surface area (Å²) in [5.74, 6) is 0.0438. The van der Waals surface area contributed by atoms with Gasteiger partial charge in [0.15, 0.2) is 0 Å². The number of carbonyl (C=O) groups excluding carboxylic acids is 1. The molecule has 0 bridgehead atoms. The molecule has 0 saturated heterocycles. The van der Waals surface area contributed by atoms with Crippen LogP contribution >= 0.6 is 23.4 Å². The van der Waals surface area contributed by atoms with E-state index in [1.165, 1.54) is 30.9 Å². The number of thioether (sulfide) groups is 1. The van der Waals surface area contributed by atoms with Crippen LogP contribution in [0.25, 0.3) is 0 Å². The Bertz CT molecular complexity index is 849. The molecule has 2 aromatic rings. The van der Waals surface area contributed by atoms with Gasteiger partial charge in [-0.25, -0.2) is 4.98 Å². The molecule has 0 atom stereocenters. The lowest BCUT2D eigenvalue weighted by atomic mass is 10.1. The first kappa shape index (κ1) is 21.1. The highest BCUT2D eigenvalue weighted by Crippen LogP contribution is 2.35. The maximum absolute atomic E-state index is 12.9. The number of alkyl halides is 3. The monoisotopic (exact) mass is 420 g/mol. The average molecular weight is 421 g/mol. The number of carbonyl (C=O) groups is 1. The number of anilines is 3. The summed E-state index contributed by atoms with van der Waals surface area (Å²) in [5, 5.41) is 14.4. The zero-order valence-corrected chi connectivity index (χ0v) is 15.8. The minimum Gasteiger partial charge on any atom is -0.371 e. The Balaban J connectivity index is 2.45. The molecule has 0 aliphatic carbocycles. The fourth-order valence-electron chi connectivity index (χ4n) is 2.20. The molecule has 0 aliphatic rings. The number of hydrogen-bond donors (Lipinski definition) is 4. The quantitative estimate of drug-likeness (QED) is 0.390. The van der Waals surface area contributed by atoms with Gasteiger partial charge in [0.25, 0.3) is 5.91 Å². The van der Waals surface area contributed by atoms with Crippen molar-refractivity contribution in [3.8, 4) is 0 Å². The molecule has 6 nitrogen and oxygen atoms in total. The molecule has 2 rings (SSSR count). The van der Waals surface area contributed by atoms with Gasteiger partial charge in [0, 0.05) is 18.1 Å². The summed E-state index contributed by atoms with van der Waals surface area (Å²) in [6, 6.07) is 3.60. The number of nitrogens with zero attached hydrogens (tertiary/aromatic N) is 1. The number of amides is 1. The standard InChI is InChI=1S/C16H16ClF3N4O2S/c1-3-27-13-6-10(17)11(24-26)5-9(13)15(25)23-12-4-8(16(18,19)20)7-22-14(12)21-2/h4-7,24,26H,3H2,1-2H3,(H,21,22)(H,23,25). The van der Waals surface area contributed by atoms with Crippen molar-refractivity contribution in [3.05, 3.63) is 40.5 Å². The molecular formula is C16H16ClF3N4O2S. The van der Waals surface area contributed by atoms with E-state index in [9.17, 15) is 18.0 Å². The predicted molar refractivity (Wildman–Crippen MR) is 100.0 cm³/mol. The van der Waals surface area contributed by atoms with Crippen LogP contribution in [-0.4, -0.2) is 28.9 Å². The van der Waals surface area contributed by atoms with Crippen molar-refractivity contribution in [3.63, 3.8) is 0 Å². The Morgan fingerprint density at radius 1 is 1.30 bits per heavy atom. The Labute approximate surface area is 162 Å². The fraction of sp³-hybridized carbons (Fsp3) is 0.250. The second-order valence-electron chi connectivity index (χ2n) is 5.20. The van der Waals surface area contributed by atoms with E-state index in [0.29, 0.717) is 16.8 Å². The van der Waals surface area contributed by atoms with Crippen molar-refractivity contribution < 1.29 is 23.2 Å². The molecule has 0 fully saturated rings. The summed E-state index contributed by atoms with van der Waals surface area (Å²) in [6.07, 6.45) is -3.92. The number of benzene rings is 1. The lowest BCUT2D eigenvalue weighted by molar-refractivity contribution is -0.137. The minimum absolute atomic E-state index is 0.0792. The molecule has 1 amide bonds. The first-order valence-corrected chi connectivity index (χ1v) is 9.00. The van der Waals surface area contributed by atoms with Gasteiger partial charge in [-0.2, -0.15) is 13.2 Å². The van der Waals surface area contributed by atoms with Crippen molar-refractivity contribution in [1.82, 2.24) is 4.98 Å². The summed E-state index contributed by atoms with van der Waals surface area (Å²) < 4.78 is 38.8. The fourth-order valence-corrected chi connectivity index (χ4v) is 3.29. The third-order valence-electron chi connectivity index (χ3n) is 3.43. The SMILES string of the molecule is CCSc1cc(Cl)c(NO)cc1C(=O)Nc1cc(C(F)(F)F)cnc1NC. The van der Waals surface area contributed by atoms with Crippen LogP contribution < -0.4 is 16.1 Å². The van der Waals surface area contributed by atoms with Gasteiger partial charge in [0.2, 0.25) is 0 Å². The second kappa shape index (κ2) is 8.68. The first-order valence-electron chi connectivity index (χ1n) is 7.64. The molecule has 0 spiro atoms. The van der Waals surface area contributed by atoms with Crippen LogP contribution in [-0.2, 0) is 6.18 Å². The van der Waals surface area contributed by atoms with E-state index >= 15 is 0 Å². The van der Waals surface area contributed by atoms with Crippen LogP contribution in [0, 0.1) is 0 Å². The van der Waals surface area contributed by atoms with Gasteiger partial charge in [-0.15, -0.1) is 11.8 Å². The molecule has 0 saturated carbocycles. The maximum Gasteiger partial charge on any atom is 0.417 e. The van der Waals surface area contributed by atoms with Gasteiger partial charge in [-0.05, 0) is 24.0 Å². The Morgan fingerprint density at radius 2 is 2.00 bits per heavy atom. The number of nitrogens with one attached hydrogen (secondary N) is 3. The number of aromatic nitrogens is 1. The van der Waals surface area contributed by atoms with Gasteiger partial charge >= 0.3 is 6.18 Å². The molecule has 27 heavy (non-hydrogen) atoms. The molecule has 146 valence electrons. The van der Waals surface area contributed by atoms with E-state index in [4.69, 9.17) is 16.8 Å². The average Bonchev–Trinajstić information content (AvgIpc) is 2.61. The van der Waals surface area contributed by atoms with Gasteiger partial charge in [0.1, 0.15) is 5.82 Å². The smallest absolute Gasteiger partial charge is 0.371 e. The zero-order chi connectivity index (χ0) is 20.2.